The number of carbonyl (C=O) groups is 2. The van der Waals surface area contributed by atoms with Crippen molar-refractivity contribution in [3.63, 3.8) is 0 Å². The Balaban J connectivity index is 1.64. The number of benzene rings is 2. The molecular formula is C25H29N5O2S. The molecule has 7 nitrogen and oxygen atoms in total. The van der Waals surface area contributed by atoms with Crippen LogP contribution in [0.2, 0.25) is 0 Å². The van der Waals surface area contributed by atoms with E-state index in [2.05, 4.69) is 34.3 Å². The summed E-state index contributed by atoms with van der Waals surface area (Å²) in [6, 6.07) is 14.8. The van der Waals surface area contributed by atoms with E-state index in [1.54, 1.807) is 18.2 Å². The van der Waals surface area contributed by atoms with Gasteiger partial charge < -0.3 is 15.2 Å². The predicted octanol–water partition coefficient (Wildman–Crippen LogP) is 4.56. The summed E-state index contributed by atoms with van der Waals surface area (Å²) < 4.78 is 1.86. The lowest BCUT2D eigenvalue weighted by Crippen LogP contribution is -2.28. The van der Waals surface area contributed by atoms with Crippen LogP contribution in [0.5, 0.6) is 0 Å². The number of aryl methyl sites for hydroxylation is 2. The molecule has 0 saturated carbocycles. The molecule has 3 rings (SSSR count). The molecule has 0 saturated heterocycles. The van der Waals surface area contributed by atoms with Crippen LogP contribution < -0.4 is 10.6 Å². The maximum atomic E-state index is 12.6. The van der Waals surface area contributed by atoms with Gasteiger partial charge in [0.05, 0.1) is 11.8 Å². The number of nitrogens with zero attached hydrogens (tertiary/aromatic N) is 3. The van der Waals surface area contributed by atoms with Crippen molar-refractivity contribution in [1.29, 1.82) is 0 Å². The Bertz CT molecular complexity index is 1110. The lowest BCUT2D eigenvalue weighted by atomic mass is 10.1. The highest BCUT2D eigenvalue weighted by molar-refractivity contribution is 7.99. The highest BCUT2D eigenvalue weighted by atomic mass is 32.2. The van der Waals surface area contributed by atoms with Crippen molar-refractivity contribution in [3.8, 4) is 0 Å². The number of hydrogen-bond donors (Lipinski definition) is 2. The first-order chi connectivity index (χ1) is 15.9. The summed E-state index contributed by atoms with van der Waals surface area (Å²) in [5.41, 5.74) is 3.66. The second-order valence-electron chi connectivity index (χ2n) is 7.69. The van der Waals surface area contributed by atoms with Crippen LogP contribution in [0.15, 0.2) is 66.3 Å². The van der Waals surface area contributed by atoms with Crippen LogP contribution in [0.25, 0.3) is 0 Å². The third-order valence-corrected chi connectivity index (χ3v) is 6.05. The van der Waals surface area contributed by atoms with E-state index in [-0.39, 0.29) is 23.6 Å². The molecule has 0 aliphatic heterocycles. The number of nitrogens with one attached hydrogen (secondary N) is 2. The van der Waals surface area contributed by atoms with Crippen LogP contribution >= 0.6 is 11.8 Å². The van der Waals surface area contributed by atoms with Crippen LogP contribution in [0.1, 0.15) is 47.2 Å². The van der Waals surface area contributed by atoms with Crippen LogP contribution in [0.4, 0.5) is 5.69 Å². The second-order valence-corrected chi connectivity index (χ2v) is 8.63. The third kappa shape index (κ3) is 6.55. The molecule has 1 heterocycles. The predicted molar refractivity (Wildman–Crippen MR) is 132 cm³/mol. The van der Waals surface area contributed by atoms with Crippen LogP contribution in [0, 0.1) is 6.92 Å². The molecule has 0 bridgehead atoms. The Morgan fingerprint density at radius 2 is 1.82 bits per heavy atom. The molecular weight excluding hydrogens is 434 g/mol. The summed E-state index contributed by atoms with van der Waals surface area (Å²) in [5.74, 6) is 0.487. The fraction of sp³-hybridized carbons (Fsp3) is 0.280. The van der Waals surface area contributed by atoms with E-state index >= 15 is 0 Å². The molecule has 2 N–H and O–H groups in total. The van der Waals surface area contributed by atoms with Gasteiger partial charge in [0.25, 0.3) is 5.91 Å². The van der Waals surface area contributed by atoms with Gasteiger partial charge in [0.1, 0.15) is 0 Å². The number of allylic oxidation sites excluding steroid dienone is 1. The van der Waals surface area contributed by atoms with Crippen molar-refractivity contribution in [2.75, 3.05) is 11.1 Å². The van der Waals surface area contributed by atoms with E-state index in [9.17, 15) is 9.59 Å². The average molecular weight is 464 g/mol. The van der Waals surface area contributed by atoms with Gasteiger partial charge in [-0.15, -0.1) is 16.8 Å². The minimum absolute atomic E-state index is 0.125. The van der Waals surface area contributed by atoms with Gasteiger partial charge in [0.15, 0.2) is 11.0 Å². The number of thioether (sulfide) groups is 1. The molecule has 0 aliphatic carbocycles. The largest absolute Gasteiger partial charge is 0.342 e. The Morgan fingerprint density at radius 3 is 2.45 bits per heavy atom. The number of hydrogen-bond acceptors (Lipinski definition) is 5. The number of carbonyl (C=O) groups excluding carboxylic acids is 2. The molecule has 33 heavy (non-hydrogen) atoms. The molecule has 1 aromatic heterocycles. The molecule has 2 amide bonds. The minimum Gasteiger partial charge on any atom is -0.342 e. The Kier molecular flexibility index (Phi) is 8.43. The lowest BCUT2D eigenvalue weighted by molar-refractivity contribution is -0.113. The summed E-state index contributed by atoms with van der Waals surface area (Å²) in [5, 5.41) is 15.0. The van der Waals surface area contributed by atoms with Gasteiger partial charge in [-0.2, -0.15) is 0 Å². The van der Waals surface area contributed by atoms with Crippen LogP contribution in [-0.4, -0.2) is 32.3 Å². The van der Waals surface area contributed by atoms with Crippen molar-refractivity contribution in [1.82, 2.24) is 20.1 Å². The molecule has 0 spiro atoms. The average Bonchev–Trinajstić information content (AvgIpc) is 3.21. The van der Waals surface area contributed by atoms with E-state index in [1.807, 2.05) is 54.8 Å². The maximum absolute atomic E-state index is 12.6. The molecule has 0 aliphatic rings. The summed E-state index contributed by atoms with van der Waals surface area (Å²) in [7, 11) is 0. The van der Waals surface area contributed by atoms with Crippen molar-refractivity contribution < 1.29 is 9.59 Å². The van der Waals surface area contributed by atoms with E-state index < -0.39 is 0 Å². The van der Waals surface area contributed by atoms with Crippen molar-refractivity contribution in [2.45, 2.75) is 44.9 Å². The molecule has 2 aromatic carbocycles. The fourth-order valence-corrected chi connectivity index (χ4v) is 3.98. The number of aromatic nitrogens is 3. The number of amides is 2. The zero-order chi connectivity index (χ0) is 23.8. The van der Waals surface area contributed by atoms with E-state index in [4.69, 9.17) is 0 Å². The highest BCUT2D eigenvalue weighted by Gasteiger charge is 2.20. The topological polar surface area (TPSA) is 88.9 Å². The van der Waals surface area contributed by atoms with Gasteiger partial charge in [-0.3, -0.25) is 9.59 Å². The summed E-state index contributed by atoms with van der Waals surface area (Å²) in [6.45, 7) is 10.2. The van der Waals surface area contributed by atoms with Gasteiger partial charge in [0, 0.05) is 17.8 Å². The standard InChI is InChI=1S/C25H29N5O2S/c1-5-15-30-23(18(4)26-24(32)20-11-7-17(3)8-12-20)28-29-25(30)33-16-22(31)27-21-13-9-19(6-2)10-14-21/h5,7-14,18H,1,6,15-16H2,2-4H3,(H,26,32)(H,27,31)/t18-/m0/s1. The quantitative estimate of drug-likeness (QED) is 0.340. The smallest absolute Gasteiger partial charge is 0.251 e. The first kappa shape index (κ1) is 24.3. The van der Waals surface area contributed by atoms with Crippen LogP contribution in [-0.2, 0) is 17.8 Å². The van der Waals surface area contributed by atoms with E-state index in [0.29, 0.717) is 23.1 Å². The normalized spacial score (nSPS) is 11.6. The van der Waals surface area contributed by atoms with Gasteiger partial charge >= 0.3 is 0 Å². The van der Waals surface area contributed by atoms with Gasteiger partial charge in [-0.25, -0.2) is 0 Å². The monoisotopic (exact) mass is 463 g/mol. The van der Waals surface area contributed by atoms with Crippen LogP contribution in [0.3, 0.4) is 0 Å². The number of anilines is 1. The first-order valence-electron chi connectivity index (χ1n) is 10.8. The second kappa shape index (κ2) is 11.5. The number of rotatable bonds is 10. The fourth-order valence-electron chi connectivity index (χ4n) is 3.23. The Hall–Kier alpha value is -3.39. The Labute approximate surface area is 198 Å². The highest BCUT2D eigenvalue weighted by Crippen LogP contribution is 2.21. The molecule has 3 aromatic rings. The van der Waals surface area contributed by atoms with Crippen molar-refractivity contribution in [3.05, 3.63) is 83.7 Å². The zero-order valence-electron chi connectivity index (χ0n) is 19.2. The van der Waals surface area contributed by atoms with E-state index in [1.165, 1.54) is 17.3 Å². The van der Waals surface area contributed by atoms with Gasteiger partial charge in [0.2, 0.25) is 5.91 Å². The molecule has 1 atom stereocenters. The summed E-state index contributed by atoms with van der Waals surface area (Å²) in [4.78, 5) is 25.0. The van der Waals surface area contributed by atoms with E-state index in [0.717, 1.165) is 17.7 Å². The molecule has 0 fully saturated rings. The first-order valence-corrected chi connectivity index (χ1v) is 11.8. The van der Waals surface area contributed by atoms with Gasteiger partial charge in [-0.05, 0) is 50.1 Å². The summed E-state index contributed by atoms with van der Waals surface area (Å²) >= 11 is 1.29. The molecule has 0 unspecified atom stereocenters. The Morgan fingerprint density at radius 1 is 1.12 bits per heavy atom. The minimum atomic E-state index is -0.369. The third-order valence-electron chi connectivity index (χ3n) is 5.08. The lowest BCUT2D eigenvalue weighted by Gasteiger charge is -2.15. The van der Waals surface area contributed by atoms with Crippen molar-refractivity contribution in [2.24, 2.45) is 0 Å². The van der Waals surface area contributed by atoms with Crippen molar-refractivity contribution >= 4 is 29.3 Å². The molecule has 172 valence electrons. The zero-order valence-corrected chi connectivity index (χ0v) is 20.0. The summed E-state index contributed by atoms with van der Waals surface area (Å²) in [6.07, 6.45) is 2.69. The van der Waals surface area contributed by atoms with Gasteiger partial charge in [-0.1, -0.05) is 54.6 Å². The maximum Gasteiger partial charge on any atom is 0.251 e. The molecule has 8 heteroatoms. The molecule has 0 radical (unpaired) electrons. The SMILES string of the molecule is C=CCn1c(SCC(=O)Nc2ccc(CC)cc2)nnc1[C@H](C)NC(=O)c1ccc(C)cc1.